The fourth-order valence-corrected chi connectivity index (χ4v) is 2.88. The van der Waals surface area contributed by atoms with Crippen LogP contribution >= 0.6 is 0 Å². The van der Waals surface area contributed by atoms with Crippen molar-refractivity contribution in [1.29, 1.82) is 0 Å². The number of ketones is 1. The maximum atomic E-state index is 14.1. The molecule has 0 radical (unpaired) electrons. The molecule has 0 bridgehead atoms. The van der Waals surface area contributed by atoms with Crippen molar-refractivity contribution in [2.24, 2.45) is 0 Å². The molecular formula is C22H21FN2O5. The lowest BCUT2D eigenvalue weighted by molar-refractivity contribution is 0.104. The smallest absolute Gasteiger partial charge is 0.203 e. The molecule has 2 aromatic carbocycles. The minimum atomic E-state index is -0.647. The van der Waals surface area contributed by atoms with E-state index in [2.05, 4.69) is 10.2 Å². The summed E-state index contributed by atoms with van der Waals surface area (Å²) < 4.78 is 35.0. The van der Waals surface area contributed by atoms with Gasteiger partial charge in [-0.1, -0.05) is 0 Å². The highest BCUT2D eigenvalue weighted by Gasteiger charge is 2.15. The maximum Gasteiger partial charge on any atom is 0.203 e. The second kappa shape index (κ2) is 9.13. The summed E-state index contributed by atoms with van der Waals surface area (Å²) in [7, 11) is 6.02. The average molecular weight is 412 g/mol. The second-order valence-corrected chi connectivity index (χ2v) is 6.17. The summed E-state index contributed by atoms with van der Waals surface area (Å²) in [5.41, 5.74) is 1.86. The maximum absolute atomic E-state index is 14.1. The topological polar surface area (TPSA) is 82.7 Å². The van der Waals surface area contributed by atoms with E-state index in [1.807, 2.05) is 0 Å². The molecule has 0 atom stereocenters. The number of halogens is 1. The number of nitrogens with zero attached hydrogens (tertiary/aromatic N) is 1. The van der Waals surface area contributed by atoms with Gasteiger partial charge in [-0.2, -0.15) is 5.10 Å². The highest BCUT2D eigenvalue weighted by molar-refractivity contribution is 6.07. The van der Waals surface area contributed by atoms with Crippen molar-refractivity contribution in [2.75, 3.05) is 28.4 Å². The number of rotatable bonds is 8. The van der Waals surface area contributed by atoms with Gasteiger partial charge in [0.05, 0.1) is 45.4 Å². The SMILES string of the molecule is COc1ccc(C(=O)C=Cc2cc(-c3cc(OC)c(OC)c(OC)c3)n[nH]2)c(F)c1. The molecule has 7 nitrogen and oxygen atoms in total. The first-order valence-electron chi connectivity index (χ1n) is 8.92. The molecule has 0 unspecified atom stereocenters. The minimum Gasteiger partial charge on any atom is -0.497 e. The standard InChI is InChI=1S/C22H21FN2O5/c1-27-15-6-7-16(17(23)12-15)19(26)8-5-14-11-18(25-24-14)13-9-20(28-2)22(30-4)21(10-13)29-3/h5-12H,1-4H3,(H,24,25). The number of methoxy groups -OCH3 is 4. The molecule has 0 aliphatic carbocycles. The Morgan fingerprint density at radius 1 is 0.967 bits per heavy atom. The summed E-state index contributed by atoms with van der Waals surface area (Å²) in [6, 6.07) is 9.36. The number of allylic oxidation sites excluding steroid dienone is 1. The molecule has 8 heteroatoms. The zero-order valence-corrected chi connectivity index (χ0v) is 17.0. The van der Waals surface area contributed by atoms with Gasteiger partial charge in [0, 0.05) is 11.6 Å². The van der Waals surface area contributed by atoms with Gasteiger partial charge in [0.1, 0.15) is 11.6 Å². The quantitative estimate of drug-likeness (QED) is 0.442. The van der Waals surface area contributed by atoms with E-state index >= 15 is 0 Å². The predicted molar refractivity (Wildman–Crippen MR) is 110 cm³/mol. The largest absolute Gasteiger partial charge is 0.497 e. The molecule has 30 heavy (non-hydrogen) atoms. The van der Waals surface area contributed by atoms with Gasteiger partial charge in [-0.25, -0.2) is 4.39 Å². The van der Waals surface area contributed by atoms with Crippen LogP contribution in [0.4, 0.5) is 4.39 Å². The number of nitrogens with one attached hydrogen (secondary N) is 1. The van der Waals surface area contributed by atoms with Crippen LogP contribution in [-0.4, -0.2) is 44.4 Å². The van der Waals surface area contributed by atoms with E-state index < -0.39 is 11.6 Å². The number of aromatic nitrogens is 2. The van der Waals surface area contributed by atoms with Crippen molar-refractivity contribution >= 4 is 11.9 Å². The molecule has 0 saturated heterocycles. The number of hydrogen-bond donors (Lipinski definition) is 1. The van der Waals surface area contributed by atoms with Gasteiger partial charge in [-0.15, -0.1) is 0 Å². The normalized spacial score (nSPS) is 10.8. The van der Waals surface area contributed by atoms with Crippen molar-refractivity contribution in [3.05, 3.63) is 59.5 Å². The lowest BCUT2D eigenvalue weighted by atomic mass is 10.1. The number of hydrogen-bond acceptors (Lipinski definition) is 6. The molecule has 0 fully saturated rings. The molecule has 0 aliphatic heterocycles. The molecule has 0 aliphatic rings. The zero-order valence-electron chi connectivity index (χ0n) is 17.0. The molecule has 1 N–H and O–H groups in total. The summed E-state index contributed by atoms with van der Waals surface area (Å²) in [5, 5.41) is 7.09. The minimum absolute atomic E-state index is 0.0450. The van der Waals surface area contributed by atoms with Crippen LogP contribution < -0.4 is 18.9 Å². The fourth-order valence-electron chi connectivity index (χ4n) is 2.88. The van der Waals surface area contributed by atoms with E-state index in [1.165, 1.54) is 58.8 Å². The summed E-state index contributed by atoms with van der Waals surface area (Å²) >= 11 is 0. The monoisotopic (exact) mass is 412 g/mol. The van der Waals surface area contributed by atoms with Crippen LogP contribution in [0.15, 0.2) is 42.5 Å². The Kier molecular flexibility index (Phi) is 6.36. The first kappa shape index (κ1) is 20.9. The third kappa shape index (κ3) is 4.27. The number of H-pyrrole nitrogens is 1. The van der Waals surface area contributed by atoms with Crippen LogP contribution in [0.2, 0.25) is 0 Å². The Hall–Kier alpha value is -3.81. The van der Waals surface area contributed by atoms with Crippen molar-refractivity contribution in [3.63, 3.8) is 0 Å². The predicted octanol–water partition coefficient (Wildman–Crippen LogP) is 4.15. The Bertz CT molecular complexity index is 1070. The number of benzene rings is 2. The second-order valence-electron chi connectivity index (χ2n) is 6.17. The number of ether oxygens (including phenoxy) is 4. The summed E-state index contributed by atoms with van der Waals surface area (Å²) in [6.45, 7) is 0. The van der Waals surface area contributed by atoms with Gasteiger partial charge < -0.3 is 18.9 Å². The zero-order chi connectivity index (χ0) is 21.7. The van der Waals surface area contributed by atoms with Gasteiger partial charge in [-0.3, -0.25) is 9.89 Å². The Morgan fingerprint density at radius 3 is 2.23 bits per heavy atom. The first-order chi connectivity index (χ1) is 14.5. The van der Waals surface area contributed by atoms with Crippen LogP contribution in [0, 0.1) is 5.82 Å². The van der Waals surface area contributed by atoms with E-state index in [0.717, 1.165) is 5.56 Å². The van der Waals surface area contributed by atoms with E-state index in [1.54, 1.807) is 18.2 Å². The summed E-state index contributed by atoms with van der Waals surface area (Å²) in [6.07, 6.45) is 2.80. The van der Waals surface area contributed by atoms with Crippen LogP contribution in [0.5, 0.6) is 23.0 Å². The van der Waals surface area contributed by atoms with Gasteiger partial charge in [0.25, 0.3) is 0 Å². The van der Waals surface area contributed by atoms with Crippen molar-refractivity contribution in [3.8, 4) is 34.3 Å². The average Bonchev–Trinajstić information content (AvgIpc) is 3.25. The van der Waals surface area contributed by atoms with Crippen molar-refractivity contribution in [1.82, 2.24) is 10.2 Å². The summed E-state index contributed by atoms with van der Waals surface area (Å²) in [4.78, 5) is 12.3. The van der Waals surface area contributed by atoms with Crippen molar-refractivity contribution in [2.45, 2.75) is 0 Å². The summed E-state index contributed by atoms with van der Waals surface area (Å²) in [5.74, 6) is 0.697. The van der Waals surface area contributed by atoms with Gasteiger partial charge in [-0.05, 0) is 42.5 Å². The fraction of sp³-hybridized carbons (Fsp3) is 0.182. The highest BCUT2D eigenvalue weighted by atomic mass is 19.1. The number of carbonyl (C=O) groups is 1. The van der Waals surface area contributed by atoms with Crippen LogP contribution in [0.25, 0.3) is 17.3 Å². The Balaban J connectivity index is 1.84. The molecule has 3 rings (SSSR count). The van der Waals surface area contributed by atoms with E-state index in [9.17, 15) is 9.18 Å². The van der Waals surface area contributed by atoms with E-state index in [0.29, 0.717) is 34.4 Å². The number of carbonyl (C=O) groups excluding carboxylic acids is 1. The molecule has 0 amide bonds. The van der Waals surface area contributed by atoms with Crippen LogP contribution in [-0.2, 0) is 0 Å². The highest BCUT2D eigenvalue weighted by Crippen LogP contribution is 2.40. The third-order valence-corrected chi connectivity index (χ3v) is 4.41. The van der Waals surface area contributed by atoms with Gasteiger partial charge >= 0.3 is 0 Å². The molecular weight excluding hydrogens is 391 g/mol. The Morgan fingerprint density at radius 2 is 1.67 bits per heavy atom. The molecule has 156 valence electrons. The van der Waals surface area contributed by atoms with E-state index in [4.69, 9.17) is 18.9 Å². The van der Waals surface area contributed by atoms with E-state index in [-0.39, 0.29) is 5.56 Å². The molecule has 0 saturated carbocycles. The molecule has 1 aromatic heterocycles. The molecule has 1 heterocycles. The van der Waals surface area contributed by atoms with Gasteiger partial charge in [0.2, 0.25) is 5.75 Å². The number of aromatic amines is 1. The molecule has 0 spiro atoms. The lowest BCUT2D eigenvalue weighted by Gasteiger charge is -2.13. The van der Waals surface area contributed by atoms with Crippen LogP contribution in [0.3, 0.4) is 0 Å². The first-order valence-corrected chi connectivity index (χ1v) is 8.92. The Labute approximate surface area is 173 Å². The van der Waals surface area contributed by atoms with Crippen molar-refractivity contribution < 1.29 is 28.1 Å². The van der Waals surface area contributed by atoms with Gasteiger partial charge in [0.15, 0.2) is 17.3 Å². The molecule has 3 aromatic rings. The third-order valence-electron chi connectivity index (χ3n) is 4.41. The lowest BCUT2D eigenvalue weighted by Crippen LogP contribution is -1.99. The van der Waals surface area contributed by atoms with Crippen LogP contribution in [0.1, 0.15) is 16.1 Å².